The van der Waals surface area contributed by atoms with Gasteiger partial charge in [-0.15, -0.1) is 26.3 Å². The third-order valence-electron chi connectivity index (χ3n) is 10.3. The van der Waals surface area contributed by atoms with Crippen LogP contribution < -0.4 is 9.47 Å². The molecule has 0 aliphatic carbocycles. The van der Waals surface area contributed by atoms with Gasteiger partial charge in [0.1, 0.15) is 34.5 Å². The van der Waals surface area contributed by atoms with Crippen LogP contribution in [0.5, 0.6) is 34.5 Å². The van der Waals surface area contributed by atoms with E-state index in [2.05, 4.69) is 64.4 Å². The quantitative estimate of drug-likeness (QED) is 0.0681. The summed E-state index contributed by atoms with van der Waals surface area (Å²) in [6.07, 6.45) is 14.2. The number of aromatic hydroxyl groups is 4. The number of methoxy groups -OCH3 is 2. The van der Waals surface area contributed by atoms with Crippen LogP contribution in [0.15, 0.2) is 160 Å². The Balaban J connectivity index is 0.000000328. The van der Waals surface area contributed by atoms with E-state index in [0.29, 0.717) is 12.2 Å². The van der Waals surface area contributed by atoms with E-state index in [1.165, 1.54) is 11.1 Å². The van der Waals surface area contributed by atoms with Gasteiger partial charge in [0.2, 0.25) is 0 Å². The average molecular weight is 891 g/mol. The SMILES string of the molecule is C=CCc1ccc(O)c(-c2ccc(O)c(CC=C)c2)c1.C=CCc1ccc(OC)c(-c2ccc(OC)c(CC=C)c2)c1.CC.CC.CCCc1ccc(O)c(-c2ccc(O)c(CCC)c2)c1. The molecule has 66 heavy (non-hydrogen) atoms. The molecule has 0 amide bonds. The fraction of sp³-hybridized carbons (Fsp3) is 0.267. The Hall–Kier alpha value is -6.92. The highest BCUT2D eigenvalue weighted by molar-refractivity contribution is 5.74. The Morgan fingerprint density at radius 3 is 1.29 bits per heavy atom. The molecule has 4 N–H and O–H groups in total. The number of rotatable bonds is 17. The summed E-state index contributed by atoms with van der Waals surface area (Å²) >= 11 is 0. The maximum Gasteiger partial charge on any atom is 0.126 e. The maximum atomic E-state index is 10.1. The zero-order chi connectivity index (χ0) is 49.0. The highest BCUT2D eigenvalue weighted by Crippen LogP contribution is 2.36. The van der Waals surface area contributed by atoms with Crippen molar-refractivity contribution in [2.24, 2.45) is 0 Å². The van der Waals surface area contributed by atoms with Crippen LogP contribution in [-0.2, 0) is 38.5 Å². The number of benzene rings is 6. The lowest BCUT2D eigenvalue weighted by molar-refractivity contribution is 0.410. The molecule has 0 spiro atoms. The lowest BCUT2D eigenvalue weighted by atomic mass is 9.97. The summed E-state index contributed by atoms with van der Waals surface area (Å²) in [5.41, 5.74) is 12.0. The Morgan fingerprint density at radius 1 is 0.394 bits per heavy atom. The van der Waals surface area contributed by atoms with E-state index in [1.54, 1.807) is 50.6 Å². The number of aryl methyl sites for hydroxylation is 2. The Kier molecular flexibility index (Phi) is 25.3. The molecule has 0 fully saturated rings. The van der Waals surface area contributed by atoms with Crippen molar-refractivity contribution in [2.45, 2.75) is 92.9 Å². The number of phenolic OH excluding ortho intramolecular Hbond substituents is 4. The number of ether oxygens (including phenoxy) is 2. The van der Waals surface area contributed by atoms with Gasteiger partial charge in [-0.1, -0.05) is 115 Å². The first-order chi connectivity index (χ1) is 32.0. The zero-order valence-corrected chi connectivity index (χ0v) is 40.8. The van der Waals surface area contributed by atoms with Gasteiger partial charge in [-0.25, -0.2) is 0 Å². The molecule has 0 aromatic heterocycles. The Morgan fingerprint density at radius 2 is 0.773 bits per heavy atom. The van der Waals surface area contributed by atoms with Gasteiger partial charge in [-0.3, -0.25) is 0 Å². The normalized spacial score (nSPS) is 9.88. The lowest BCUT2D eigenvalue weighted by Crippen LogP contribution is -1.94. The van der Waals surface area contributed by atoms with Crippen LogP contribution in [0, 0.1) is 0 Å². The lowest BCUT2D eigenvalue weighted by Gasteiger charge is -2.13. The molecule has 0 heterocycles. The van der Waals surface area contributed by atoms with E-state index in [9.17, 15) is 20.4 Å². The zero-order valence-electron chi connectivity index (χ0n) is 40.8. The summed E-state index contributed by atoms with van der Waals surface area (Å²) in [7, 11) is 3.38. The van der Waals surface area contributed by atoms with Crippen LogP contribution in [0.4, 0.5) is 0 Å². The second-order valence-electron chi connectivity index (χ2n) is 14.9. The topological polar surface area (TPSA) is 99.4 Å². The highest BCUT2D eigenvalue weighted by atomic mass is 16.5. The predicted octanol–water partition coefficient (Wildman–Crippen LogP) is 15.8. The van der Waals surface area contributed by atoms with Crippen molar-refractivity contribution < 1.29 is 29.9 Å². The molecule has 6 heteroatoms. The molecular weight excluding hydrogens is 817 g/mol. The van der Waals surface area contributed by atoms with E-state index in [0.717, 1.165) is 112 Å². The van der Waals surface area contributed by atoms with E-state index in [1.807, 2.05) is 101 Å². The molecule has 350 valence electrons. The average Bonchev–Trinajstić information content (AvgIpc) is 3.34. The van der Waals surface area contributed by atoms with Crippen molar-refractivity contribution in [1.29, 1.82) is 0 Å². The number of allylic oxidation sites excluding steroid dienone is 4. The van der Waals surface area contributed by atoms with Gasteiger partial charge in [0.25, 0.3) is 0 Å². The van der Waals surface area contributed by atoms with E-state index < -0.39 is 0 Å². The van der Waals surface area contributed by atoms with Crippen LogP contribution in [0.1, 0.15) is 87.8 Å². The van der Waals surface area contributed by atoms with E-state index in [4.69, 9.17) is 9.47 Å². The molecule has 6 aromatic carbocycles. The second-order valence-corrected chi connectivity index (χ2v) is 14.9. The van der Waals surface area contributed by atoms with Crippen molar-refractivity contribution in [3.05, 3.63) is 193 Å². The third kappa shape index (κ3) is 16.3. The monoisotopic (exact) mass is 891 g/mol. The molecule has 0 bridgehead atoms. The number of phenols is 4. The van der Waals surface area contributed by atoms with Gasteiger partial charge < -0.3 is 29.9 Å². The summed E-state index contributed by atoms with van der Waals surface area (Å²) in [6.45, 7) is 27.3. The predicted molar refractivity (Wildman–Crippen MR) is 282 cm³/mol. The van der Waals surface area contributed by atoms with Gasteiger partial charge in [0.15, 0.2) is 0 Å². The van der Waals surface area contributed by atoms with Crippen molar-refractivity contribution in [1.82, 2.24) is 0 Å². The van der Waals surface area contributed by atoms with Gasteiger partial charge in [-0.2, -0.15) is 0 Å². The van der Waals surface area contributed by atoms with Crippen LogP contribution >= 0.6 is 0 Å². The summed E-state index contributed by atoms with van der Waals surface area (Å²) in [5, 5.41) is 39.8. The summed E-state index contributed by atoms with van der Waals surface area (Å²) in [6, 6.07) is 34.6. The minimum absolute atomic E-state index is 0.230. The van der Waals surface area contributed by atoms with Crippen molar-refractivity contribution in [3.63, 3.8) is 0 Å². The molecule has 6 rings (SSSR count). The molecule has 0 saturated heterocycles. The molecule has 0 radical (unpaired) electrons. The van der Waals surface area contributed by atoms with Crippen molar-refractivity contribution in [2.75, 3.05) is 14.2 Å². The minimum Gasteiger partial charge on any atom is -0.508 e. The van der Waals surface area contributed by atoms with Crippen LogP contribution in [-0.4, -0.2) is 34.6 Å². The number of hydrogen-bond acceptors (Lipinski definition) is 6. The van der Waals surface area contributed by atoms with Crippen molar-refractivity contribution in [3.8, 4) is 67.9 Å². The Bertz CT molecular complexity index is 2440. The van der Waals surface area contributed by atoms with E-state index >= 15 is 0 Å². The molecule has 0 saturated carbocycles. The molecule has 6 nitrogen and oxygen atoms in total. The summed E-state index contributed by atoms with van der Waals surface area (Å²) in [4.78, 5) is 0. The minimum atomic E-state index is 0.230. The summed E-state index contributed by atoms with van der Waals surface area (Å²) in [5.74, 6) is 2.84. The molecule has 0 aliphatic heterocycles. The largest absolute Gasteiger partial charge is 0.508 e. The first-order valence-corrected chi connectivity index (χ1v) is 23.1. The first kappa shape index (κ1) is 55.2. The van der Waals surface area contributed by atoms with Crippen molar-refractivity contribution >= 4 is 0 Å². The fourth-order valence-electron chi connectivity index (χ4n) is 7.20. The maximum absolute atomic E-state index is 10.1. The smallest absolute Gasteiger partial charge is 0.126 e. The summed E-state index contributed by atoms with van der Waals surface area (Å²) < 4.78 is 10.9. The van der Waals surface area contributed by atoms with Crippen LogP contribution in [0.25, 0.3) is 33.4 Å². The fourth-order valence-corrected chi connectivity index (χ4v) is 7.20. The van der Waals surface area contributed by atoms with E-state index in [-0.39, 0.29) is 17.2 Å². The standard InChI is InChI=1S/C20H22O2.C18H22O2.C18H18O2.2C2H6/c1-5-7-15-9-11-20(22-4)18(13-15)16-10-12-19(21-3)17(14-16)8-6-2;2*1-3-5-13-7-9-18(20)16(11-13)14-8-10-17(19)15(12-14)6-4-2;2*1-2/h5-6,9-14H,1-2,7-8H2,3-4H3;7-12,19-20H,3-6H2,1-2H3;3-4,7-12,19-20H,1-2,5-6H2;2*1-2H3. The third-order valence-corrected chi connectivity index (χ3v) is 10.3. The molecule has 0 atom stereocenters. The van der Waals surface area contributed by atoms with Crippen LogP contribution in [0.3, 0.4) is 0 Å². The highest BCUT2D eigenvalue weighted by Gasteiger charge is 2.12. The van der Waals surface area contributed by atoms with Gasteiger partial charge in [-0.05, 0) is 161 Å². The Labute approximate surface area is 396 Å². The van der Waals surface area contributed by atoms with Gasteiger partial charge in [0.05, 0.1) is 14.2 Å². The second kappa shape index (κ2) is 30.3. The molecule has 6 aromatic rings. The van der Waals surface area contributed by atoms with Gasteiger partial charge >= 0.3 is 0 Å². The molecule has 0 unspecified atom stereocenters. The molecular formula is C60H74O6. The number of hydrogen-bond donors (Lipinski definition) is 4. The molecule has 0 aliphatic rings. The first-order valence-electron chi connectivity index (χ1n) is 23.1. The van der Waals surface area contributed by atoms with Crippen LogP contribution in [0.2, 0.25) is 0 Å². The van der Waals surface area contributed by atoms with Gasteiger partial charge in [0, 0.05) is 16.7 Å².